The Kier molecular flexibility index (Phi) is 4.66. The fraction of sp³-hybridized carbons (Fsp3) is 0.167. The highest BCUT2D eigenvalue weighted by Gasteiger charge is 2.66. The number of rotatable bonds is 8. The summed E-state index contributed by atoms with van der Waals surface area (Å²) in [4.78, 5) is 38.5. The summed E-state index contributed by atoms with van der Waals surface area (Å²) in [7, 11) is 0. The van der Waals surface area contributed by atoms with Crippen molar-refractivity contribution in [2.24, 2.45) is 0 Å². The molecular formula is C18H14O9. The highest BCUT2D eigenvalue weighted by Crippen LogP contribution is 2.34. The summed E-state index contributed by atoms with van der Waals surface area (Å²) in [6.45, 7) is -1.47. The normalized spacial score (nSPS) is 13.9. The molecule has 0 aliphatic rings. The van der Waals surface area contributed by atoms with Gasteiger partial charge in [0, 0.05) is 0 Å². The van der Waals surface area contributed by atoms with E-state index in [1.807, 2.05) is 0 Å². The fourth-order valence-electron chi connectivity index (χ4n) is 2.61. The van der Waals surface area contributed by atoms with Crippen molar-refractivity contribution in [2.45, 2.75) is 11.2 Å². The SMILES string of the molecule is O=C(c1ccco1)C(O)(CO)C(O)(C(=O)c1ccco1)C(=O)c1ccco1. The largest absolute Gasteiger partial charge is 0.461 e. The highest BCUT2D eigenvalue weighted by molar-refractivity contribution is 6.26. The van der Waals surface area contributed by atoms with Crippen molar-refractivity contribution in [3.05, 3.63) is 72.5 Å². The molecule has 3 aromatic heterocycles. The van der Waals surface area contributed by atoms with Gasteiger partial charge in [-0.1, -0.05) is 0 Å². The van der Waals surface area contributed by atoms with Crippen LogP contribution in [0.15, 0.2) is 68.4 Å². The van der Waals surface area contributed by atoms with Gasteiger partial charge in [0.1, 0.15) is 0 Å². The first-order valence-corrected chi connectivity index (χ1v) is 7.66. The van der Waals surface area contributed by atoms with E-state index in [-0.39, 0.29) is 0 Å². The molecule has 0 radical (unpaired) electrons. The van der Waals surface area contributed by atoms with Gasteiger partial charge in [-0.25, -0.2) is 0 Å². The van der Waals surface area contributed by atoms with Crippen molar-refractivity contribution in [1.82, 2.24) is 0 Å². The van der Waals surface area contributed by atoms with Crippen LogP contribution in [0.25, 0.3) is 0 Å². The van der Waals surface area contributed by atoms with Gasteiger partial charge in [0.15, 0.2) is 22.9 Å². The van der Waals surface area contributed by atoms with Gasteiger partial charge in [-0.15, -0.1) is 0 Å². The van der Waals surface area contributed by atoms with Crippen LogP contribution in [0.1, 0.15) is 31.7 Å². The third kappa shape index (κ3) is 2.74. The van der Waals surface area contributed by atoms with Crippen LogP contribution in [0.5, 0.6) is 0 Å². The Hall–Kier alpha value is -3.27. The molecule has 9 nitrogen and oxygen atoms in total. The summed E-state index contributed by atoms with van der Waals surface area (Å²) in [5.74, 6) is -5.77. The topological polar surface area (TPSA) is 151 Å². The zero-order chi connectivity index (χ0) is 19.7. The maximum absolute atomic E-state index is 12.9. The number of carbonyl (C=O) groups excluding carboxylic acids is 3. The van der Waals surface area contributed by atoms with Crippen molar-refractivity contribution >= 4 is 17.3 Å². The molecule has 0 aliphatic carbocycles. The number of aliphatic hydroxyl groups excluding tert-OH is 1. The minimum Gasteiger partial charge on any atom is -0.461 e. The molecule has 27 heavy (non-hydrogen) atoms. The molecule has 0 aliphatic heterocycles. The van der Waals surface area contributed by atoms with Gasteiger partial charge in [-0.05, 0) is 36.4 Å². The molecule has 3 rings (SSSR count). The summed E-state index contributed by atoms with van der Waals surface area (Å²) in [6.07, 6.45) is 3.29. The average molecular weight is 374 g/mol. The van der Waals surface area contributed by atoms with Crippen LogP contribution >= 0.6 is 0 Å². The molecule has 1 atom stereocenters. The minimum atomic E-state index is -3.46. The zero-order valence-electron chi connectivity index (χ0n) is 13.7. The third-order valence-electron chi connectivity index (χ3n) is 4.10. The van der Waals surface area contributed by atoms with Crippen molar-refractivity contribution in [2.75, 3.05) is 6.61 Å². The van der Waals surface area contributed by atoms with E-state index in [1.54, 1.807) is 0 Å². The van der Waals surface area contributed by atoms with Gasteiger partial charge in [-0.2, -0.15) is 0 Å². The second kappa shape index (κ2) is 6.80. The molecule has 0 amide bonds. The number of Topliss-reactive ketones (excluding diaryl/α,β-unsaturated/α-hetero) is 3. The predicted molar refractivity (Wildman–Crippen MR) is 86.1 cm³/mol. The first kappa shape index (κ1) is 18.5. The average Bonchev–Trinajstić information content (AvgIpc) is 3.46. The highest BCUT2D eigenvalue weighted by atomic mass is 16.4. The lowest BCUT2D eigenvalue weighted by Crippen LogP contribution is -2.69. The van der Waals surface area contributed by atoms with Crippen LogP contribution in [-0.4, -0.2) is 50.5 Å². The summed E-state index contributed by atoms with van der Waals surface area (Å²) < 4.78 is 14.7. The van der Waals surface area contributed by atoms with Crippen molar-refractivity contribution in [1.29, 1.82) is 0 Å². The van der Waals surface area contributed by atoms with E-state index in [9.17, 15) is 29.7 Å². The van der Waals surface area contributed by atoms with E-state index >= 15 is 0 Å². The zero-order valence-corrected chi connectivity index (χ0v) is 13.7. The molecule has 0 saturated carbocycles. The maximum Gasteiger partial charge on any atom is 0.241 e. The van der Waals surface area contributed by atoms with Crippen LogP contribution in [-0.2, 0) is 0 Å². The second-order valence-electron chi connectivity index (χ2n) is 5.65. The van der Waals surface area contributed by atoms with Crippen molar-refractivity contribution in [3.63, 3.8) is 0 Å². The van der Waals surface area contributed by atoms with Gasteiger partial charge < -0.3 is 28.6 Å². The Morgan fingerprint density at radius 3 is 1.41 bits per heavy atom. The smallest absolute Gasteiger partial charge is 0.241 e. The van der Waals surface area contributed by atoms with E-state index < -0.39 is 52.4 Å². The van der Waals surface area contributed by atoms with Crippen LogP contribution in [0.4, 0.5) is 0 Å². The number of hydrogen-bond acceptors (Lipinski definition) is 9. The number of aliphatic hydroxyl groups is 3. The molecule has 9 heteroatoms. The van der Waals surface area contributed by atoms with Crippen LogP contribution in [0.3, 0.4) is 0 Å². The Morgan fingerprint density at radius 1 is 0.741 bits per heavy atom. The van der Waals surface area contributed by atoms with E-state index in [2.05, 4.69) is 0 Å². The molecule has 3 aromatic rings. The maximum atomic E-state index is 12.9. The third-order valence-corrected chi connectivity index (χ3v) is 4.10. The molecule has 0 bridgehead atoms. The van der Waals surface area contributed by atoms with Crippen LogP contribution in [0.2, 0.25) is 0 Å². The number of ketones is 3. The Bertz CT molecular complexity index is 889. The Balaban J connectivity index is 2.20. The molecule has 1 unspecified atom stereocenters. The predicted octanol–water partition coefficient (Wildman–Crippen LogP) is 0.869. The minimum absolute atomic E-state index is 0.482. The Morgan fingerprint density at radius 2 is 1.11 bits per heavy atom. The van der Waals surface area contributed by atoms with Gasteiger partial charge >= 0.3 is 0 Å². The molecular weight excluding hydrogens is 360 g/mol. The number of carbonyl (C=O) groups is 3. The quantitative estimate of drug-likeness (QED) is 0.385. The van der Waals surface area contributed by atoms with E-state index in [0.717, 1.165) is 37.0 Å². The summed E-state index contributed by atoms with van der Waals surface area (Å²) in [5.41, 5.74) is -6.74. The molecule has 140 valence electrons. The first-order chi connectivity index (χ1) is 12.9. The van der Waals surface area contributed by atoms with E-state index in [1.165, 1.54) is 18.2 Å². The molecule has 3 N–H and O–H groups in total. The molecule has 0 aromatic carbocycles. The van der Waals surface area contributed by atoms with Gasteiger partial charge in [0.2, 0.25) is 23.0 Å². The lowest BCUT2D eigenvalue weighted by Gasteiger charge is -2.36. The lowest BCUT2D eigenvalue weighted by atomic mass is 9.72. The number of hydrogen-bond donors (Lipinski definition) is 3. The molecule has 0 spiro atoms. The molecule has 0 fully saturated rings. The van der Waals surface area contributed by atoms with Crippen LogP contribution < -0.4 is 0 Å². The molecule has 3 heterocycles. The number of furan rings is 3. The van der Waals surface area contributed by atoms with E-state index in [4.69, 9.17) is 13.3 Å². The second-order valence-corrected chi connectivity index (χ2v) is 5.65. The first-order valence-electron chi connectivity index (χ1n) is 7.66. The van der Waals surface area contributed by atoms with Crippen LogP contribution in [0, 0.1) is 0 Å². The standard InChI is InChI=1S/C18H14O9/c19-10-17(23,14(20)11-4-1-7-25-11)18(24,15(21)12-5-2-8-26-12)16(22)13-6-3-9-27-13/h1-9,19,23-24H,10H2. The fourth-order valence-corrected chi connectivity index (χ4v) is 2.61. The van der Waals surface area contributed by atoms with E-state index in [0.29, 0.717) is 0 Å². The van der Waals surface area contributed by atoms with Crippen molar-refractivity contribution in [3.8, 4) is 0 Å². The van der Waals surface area contributed by atoms with Gasteiger partial charge in [0.25, 0.3) is 0 Å². The Labute approximate surface area is 151 Å². The summed E-state index contributed by atoms with van der Waals surface area (Å²) in [5, 5.41) is 31.7. The van der Waals surface area contributed by atoms with Crippen molar-refractivity contribution < 1.29 is 43.0 Å². The molecule has 0 saturated heterocycles. The van der Waals surface area contributed by atoms with Gasteiger partial charge in [0.05, 0.1) is 25.4 Å². The summed E-state index contributed by atoms with van der Waals surface area (Å²) >= 11 is 0. The summed E-state index contributed by atoms with van der Waals surface area (Å²) in [6, 6.07) is 7.30. The monoisotopic (exact) mass is 374 g/mol. The van der Waals surface area contributed by atoms with Gasteiger partial charge in [-0.3, -0.25) is 14.4 Å². The lowest BCUT2D eigenvalue weighted by molar-refractivity contribution is -0.103.